The van der Waals surface area contributed by atoms with Gasteiger partial charge < -0.3 is 4.74 Å². The van der Waals surface area contributed by atoms with Gasteiger partial charge in [0.25, 0.3) is 5.69 Å². The summed E-state index contributed by atoms with van der Waals surface area (Å²) in [4.78, 5) is 10.6. The summed E-state index contributed by atoms with van der Waals surface area (Å²) in [5.41, 5.74) is 6.60. The molecule has 0 bridgehead atoms. The fourth-order valence-electron chi connectivity index (χ4n) is 4.22. The predicted molar refractivity (Wildman–Crippen MR) is 115 cm³/mol. The Balaban J connectivity index is 1.59. The number of nitro benzene ring substituents is 1. The van der Waals surface area contributed by atoms with Crippen molar-refractivity contribution < 1.29 is 9.66 Å². The Bertz CT molecular complexity index is 1170. The quantitative estimate of drug-likeness (QED) is 0.434. The van der Waals surface area contributed by atoms with Crippen molar-refractivity contribution in [2.24, 2.45) is 5.10 Å². The van der Waals surface area contributed by atoms with Crippen LogP contribution in [0.15, 0.2) is 71.8 Å². The maximum atomic E-state index is 11.0. The van der Waals surface area contributed by atoms with E-state index < -0.39 is 11.2 Å². The highest BCUT2D eigenvalue weighted by molar-refractivity contribution is 6.03. The van der Waals surface area contributed by atoms with Crippen LogP contribution in [-0.2, 0) is 0 Å². The van der Waals surface area contributed by atoms with Crippen LogP contribution in [-0.4, -0.2) is 15.6 Å². The molecule has 30 heavy (non-hydrogen) atoms. The standard InChI is InChI=1S/C24H21N3O3/c1-15-7-8-16(2)20(13-15)21-14-22-19-5-3-4-6-23(19)30-24(26(22)25-21)17-9-11-18(12-10-17)27(28)29/h3-13,22,24H,14H2,1-2H3/t22-,24+/m1/s1. The summed E-state index contributed by atoms with van der Waals surface area (Å²) in [6.07, 6.45) is 0.349. The van der Waals surface area contributed by atoms with Gasteiger partial charge in [0.2, 0.25) is 6.23 Å². The van der Waals surface area contributed by atoms with Crippen molar-refractivity contribution in [1.29, 1.82) is 0 Å². The Morgan fingerprint density at radius 1 is 1.07 bits per heavy atom. The SMILES string of the molecule is Cc1ccc(C)c(C2=NN3[C@H](C2)c2ccccc2O[C@H]3c2ccc([N+](=O)[O-])cc2)c1. The van der Waals surface area contributed by atoms with E-state index in [1.165, 1.54) is 23.3 Å². The maximum Gasteiger partial charge on any atom is 0.269 e. The Morgan fingerprint density at radius 2 is 1.83 bits per heavy atom. The van der Waals surface area contributed by atoms with Gasteiger partial charge in [-0.1, -0.05) is 35.9 Å². The molecule has 0 N–H and O–H groups in total. The van der Waals surface area contributed by atoms with Crippen molar-refractivity contribution in [3.05, 3.63) is 105 Å². The van der Waals surface area contributed by atoms with Gasteiger partial charge in [0.05, 0.1) is 16.7 Å². The van der Waals surface area contributed by atoms with Crippen molar-refractivity contribution in [2.45, 2.75) is 32.5 Å². The first kappa shape index (κ1) is 18.4. The molecule has 0 aliphatic carbocycles. The van der Waals surface area contributed by atoms with Gasteiger partial charge >= 0.3 is 0 Å². The van der Waals surface area contributed by atoms with Crippen LogP contribution >= 0.6 is 0 Å². The highest BCUT2D eigenvalue weighted by Crippen LogP contribution is 2.47. The lowest BCUT2D eigenvalue weighted by atomic mass is 9.93. The highest BCUT2D eigenvalue weighted by Gasteiger charge is 2.41. The van der Waals surface area contributed by atoms with E-state index >= 15 is 0 Å². The van der Waals surface area contributed by atoms with Crippen molar-refractivity contribution in [3.63, 3.8) is 0 Å². The van der Waals surface area contributed by atoms with Gasteiger partial charge in [-0.15, -0.1) is 0 Å². The molecule has 6 heteroatoms. The minimum atomic E-state index is -0.437. The van der Waals surface area contributed by atoms with E-state index in [4.69, 9.17) is 9.84 Å². The second-order valence-corrected chi connectivity index (χ2v) is 7.82. The van der Waals surface area contributed by atoms with Crippen LogP contribution in [0.5, 0.6) is 5.75 Å². The van der Waals surface area contributed by atoms with Gasteiger partial charge in [-0.3, -0.25) is 10.1 Å². The summed E-state index contributed by atoms with van der Waals surface area (Å²) in [7, 11) is 0. The lowest BCUT2D eigenvalue weighted by molar-refractivity contribution is -0.384. The van der Waals surface area contributed by atoms with E-state index in [2.05, 4.69) is 38.1 Å². The van der Waals surface area contributed by atoms with Gasteiger partial charge in [-0.05, 0) is 43.7 Å². The van der Waals surface area contributed by atoms with E-state index in [1.807, 2.05) is 23.2 Å². The van der Waals surface area contributed by atoms with Crippen LogP contribution in [0.2, 0.25) is 0 Å². The Hall–Kier alpha value is -3.67. The minimum absolute atomic E-state index is 0.0602. The van der Waals surface area contributed by atoms with Crippen LogP contribution in [0.25, 0.3) is 0 Å². The smallest absolute Gasteiger partial charge is 0.269 e. The lowest BCUT2D eigenvalue weighted by Gasteiger charge is -2.38. The first-order valence-electron chi connectivity index (χ1n) is 9.94. The summed E-state index contributed by atoms with van der Waals surface area (Å²) >= 11 is 0. The summed E-state index contributed by atoms with van der Waals surface area (Å²) < 4.78 is 6.32. The zero-order valence-corrected chi connectivity index (χ0v) is 16.8. The molecule has 0 fully saturated rings. The number of para-hydroxylation sites is 1. The molecule has 0 radical (unpaired) electrons. The van der Waals surface area contributed by atoms with Crippen LogP contribution < -0.4 is 4.74 Å². The molecule has 3 aromatic carbocycles. The number of fused-ring (bicyclic) bond motifs is 3. The summed E-state index contributed by atoms with van der Waals surface area (Å²) in [6.45, 7) is 4.19. The molecule has 2 aliphatic rings. The monoisotopic (exact) mass is 399 g/mol. The van der Waals surface area contributed by atoms with E-state index in [9.17, 15) is 10.1 Å². The number of benzene rings is 3. The topological polar surface area (TPSA) is 68.0 Å². The molecule has 6 nitrogen and oxygen atoms in total. The van der Waals surface area contributed by atoms with E-state index in [-0.39, 0.29) is 11.7 Å². The van der Waals surface area contributed by atoms with Gasteiger partial charge in [0.1, 0.15) is 5.75 Å². The largest absolute Gasteiger partial charge is 0.464 e. The summed E-state index contributed by atoms with van der Waals surface area (Å²) in [6, 6.07) is 21.0. The number of non-ortho nitro benzene ring substituents is 1. The molecule has 0 aromatic heterocycles. The zero-order valence-electron chi connectivity index (χ0n) is 16.8. The van der Waals surface area contributed by atoms with Gasteiger partial charge in [0.15, 0.2) is 0 Å². The molecule has 0 unspecified atom stereocenters. The number of nitro groups is 1. The van der Waals surface area contributed by atoms with Crippen LogP contribution in [0.1, 0.15) is 46.5 Å². The molecule has 0 saturated heterocycles. The van der Waals surface area contributed by atoms with Crippen molar-refractivity contribution in [3.8, 4) is 5.75 Å². The Morgan fingerprint density at radius 3 is 2.60 bits per heavy atom. The van der Waals surface area contributed by atoms with Crippen LogP contribution in [0, 0.1) is 24.0 Å². The number of hydrazone groups is 1. The molecule has 0 saturated carbocycles. The molecule has 0 amide bonds. The number of aryl methyl sites for hydroxylation is 2. The van der Waals surface area contributed by atoms with E-state index in [1.54, 1.807) is 12.1 Å². The zero-order chi connectivity index (χ0) is 20.8. The molecule has 2 aliphatic heterocycles. The van der Waals surface area contributed by atoms with Crippen molar-refractivity contribution >= 4 is 11.4 Å². The van der Waals surface area contributed by atoms with E-state index in [0.717, 1.165) is 34.6 Å². The number of hydrogen-bond acceptors (Lipinski definition) is 5. The fraction of sp³-hybridized carbons (Fsp3) is 0.208. The molecule has 2 heterocycles. The van der Waals surface area contributed by atoms with E-state index in [0.29, 0.717) is 0 Å². The average molecular weight is 399 g/mol. The number of rotatable bonds is 3. The molecule has 5 rings (SSSR count). The molecule has 150 valence electrons. The fourth-order valence-corrected chi connectivity index (χ4v) is 4.22. The normalized spacial score (nSPS) is 19.5. The van der Waals surface area contributed by atoms with Crippen molar-refractivity contribution in [2.75, 3.05) is 0 Å². The molecular formula is C24H21N3O3. The second-order valence-electron chi connectivity index (χ2n) is 7.82. The van der Waals surface area contributed by atoms with Crippen LogP contribution in [0.4, 0.5) is 5.69 Å². The highest BCUT2D eigenvalue weighted by atomic mass is 16.6. The molecule has 3 aromatic rings. The number of ether oxygens (including phenoxy) is 1. The first-order chi connectivity index (χ1) is 14.5. The lowest BCUT2D eigenvalue weighted by Crippen LogP contribution is -2.33. The van der Waals surface area contributed by atoms with Gasteiger partial charge in [-0.25, -0.2) is 5.01 Å². The third-order valence-electron chi connectivity index (χ3n) is 5.79. The second kappa shape index (κ2) is 6.99. The summed E-state index contributed by atoms with van der Waals surface area (Å²) in [5.74, 6) is 0.833. The minimum Gasteiger partial charge on any atom is -0.464 e. The maximum absolute atomic E-state index is 11.0. The van der Waals surface area contributed by atoms with Gasteiger partial charge in [-0.2, -0.15) is 5.10 Å². The number of hydrogen-bond donors (Lipinski definition) is 0. The first-order valence-corrected chi connectivity index (χ1v) is 9.94. The van der Waals surface area contributed by atoms with Crippen molar-refractivity contribution in [1.82, 2.24) is 5.01 Å². The third kappa shape index (κ3) is 3.01. The Labute approximate surface area is 174 Å². The average Bonchev–Trinajstić information content (AvgIpc) is 3.20. The van der Waals surface area contributed by atoms with Gasteiger partial charge in [0, 0.05) is 35.2 Å². The molecular weight excluding hydrogens is 378 g/mol. The molecule has 2 atom stereocenters. The number of nitrogens with zero attached hydrogens (tertiary/aromatic N) is 3. The predicted octanol–water partition coefficient (Wildman–Crippen LogP) is 5.45. The van der Waals surface area contributed by atoms with Crippen LogP contribution in [0.3, 0.4) is 0 Å². The Kier molecular flexibility index (Phi) is 4.28. The third-order valence-corrected chi connectivity index (χ3v) is 5.79. The summed E-state index contributed by atoms with van der Waals surface area (Å²) in [5, 5.41) is 18.0. The molecule has 0 spiro atoms.